The van der Waals surface area contributed by atoms with Crippen molar-refractivity contribution in [2.45, 2.75) is 25.7 Å². The van der Waals surface area contributed by atoms with Crippen LogP contribution in [0.5, 0.6) is 0 Å². The van der Waals surface area contributed by atoms with Gasteiger partial charge in [0.15, 0.2) is 5.84 Å². The van der Waals surface area contributed by atoms with Gasteiger partial charge in [0, 0.05) is 19.2 Å². The molecule has 2 rings (SSSR count). The Kier molecular flexibility index (Phi) is 4.53. The fourth-order valence-electron chi connectivity index (χ4n) is 2.71. The van der Waals surface area contributed by atoms with Crippen molar-refractivity contribution < 1.29 is 5.21 Å². The van der Waals surface area contributed by atoms with E-state index in [1.807, 2.05) is 12.1 Å². The summed E-state index contributed by atoms with van der Waals surface area (Å²) in [5, 5.41) is 12.3. The maximum Gasteiger partial charge on any atom is 0.170 e. The number of halogens is 1. The number of nitrogens with zero attached hydrogens (tertiary/aromatic N) is 2. The molecule has 0 aromatic heterocycles. The van der Waals surface area contributed by atoms with Crippen LogP contribution in [0.3, 0.4) is 0 Å². The fourth-order valence-corrected chi connectivity index (χ4v) is 3.04. The third-order valence-electron chi connectivity index (χ3n) is 3.77. The van der Waals surface area contributed by atoms with E-state index >= 15 is 0 Å². The Balaban J connectivity index is 2.11. The molecule has 1 aromatic rings. The summed E-state index contributed by atoms with van der Waals surface area (Å²) in [6.07, 6.45) is 5.30. The molecule has 1 fully saturated rings. The molecule has 0 saturated heterocycles. The molecular weight excluding hydrogens is 262 g/mol. The number of hydrogen-bond donors (Lipinski definition) is 2. The molecule has 1 saturated carbocycles. The lowest BCUT2D eigenvalue weighted by Gasteiger charge is -2.24. The predicted molar refractivity (Wildman–Crippen MR) is 79.2 cm³/mol. The van der Waals surface area contributed by atoms with Crippen molar-refractivity contribution in [1.82, 2.24) is 0 Å². The molecular formula is C14H20ClN3O. The van der Waals surface area contributed by atoms with Gasteiger partial charge in [0.1, 0.15) is 0 Å². The summed E-state index contributed by atoms with van der Waals surface area (Å²) in [6, 6.07) is 5.48. The molecule has 19 heavy (non-hydrogen) atoms. The zero-order valence-electron chi connectivity index (χ0n) is 11.1. The molecule has 0 bridgehead atoms. The Morgan fingerprint density at radius 2 is 2.16 bits per heavy atom. The van der Waals surface area contributed by atoms with Gasteiger partial charge in [-0.2, -0.15) is 0 Å². The summed E-state index contributed by atoms with van der Waals surface area (Å²) in [4.78, 5) is 2.19. The summed E-state index contributed by atoms with van der Waals surface area (Å²) in [7, 11) is 2.06. The quantitative estimate of drug-likeness (QED) is 0.386. The minimum Gasteiger partial charge on any atom is -0.409 e. The lowest BCUT2D eigenvalue weighted by Crippen LogP contribution is -2.24. The summed E-state index contributed by atoms with van der Waals surface area (Å²) in [5.41, 5.74) is 7.17. The SMILES string of the molecule is CN(CC1CCCC1)c1ccc(C(N)=NO)cc1Cl. The molecule has 0 heterocycles. The number of hydrogen-bond acceptors (Lipinski definition) is 3. The molecule has 0 aliphatic heterocycles. The molecule has 1 aromatic carbocycles. The fraction of sp³-hybridized carbons (Fsp3) is 0.500. The van der Waals surface area contributed by atoms with Gasteiger partial charge in [0.05, 0.1) is 10.7 Å². The van der Waals surface area contributed by atoms with Gasteiger partial charge in [-0.25, -0.2) is 0 Å². The molecule has 1 aliphatic rings. The number of benzene rings is 1. The standard InChI is InChI=1S/C14H20ClN3O/c1-18(9-10-4-2-3-5-10)13-7-6-11(8-12(13)15)14(16)17-19/h6-8,10,19H,2-5,9H2,1H3,(H2,16,17). The van der Waals surface area contributed by atoms with E-state index in [1.165, 1.54) is 25.7 Å². The molecule has 5 heteroatoms. The molecule has 0 spiro atoms. The van der Waals surface area contributed by atoms with Gasteiger partial charge in [0.25, 0.3) is 0 Å². The van der Waals surface area contributed by atoms with E-state index in [1.54, 1.807) is 6.07 Å². The lowest BCUT2D eigenvalue weighted by atomic mass is 10.1. The molecule has 0 unspecified atom stereocenters. The second-order valence-electron chi connectivity index (χ2n) is 5.18. The first-order valence-electron chi connectivity index (χ1n) is 6.60. The maximum absolute atomic E-state index is 8.66. The second kappa shape index (κ2) is 6.15. The average Bonchev–Trinajstić information content (AvgIpc) is 2.90. The lowest BCUT2D eigenvalue weighted by molar-refractivity contribution is 0.318. The molecule has 3 N–H and O–H groups in total. The Morgan fingerprint density at radius 3 is 2.74 bits per heavy atom. The van der Waals surface area contributed by atoms with Gasteiger partial charge >= 0.3 is 0 Å². The van der Waals surface area contributed by atoms with Crippen LogP contribution in [0.2, 0.25) is 5.02 Å². The van der Waals surface area contributed by atoms with E-state index in [0.717, 1.165) is 18.2 Å². The van der Waals surface area contributed by atoms with E-state index in [9.17, 15) is 0 Å². The molecule has 0 radical (unpaired) electrons. The van der Waals surface area contributed by atoms with E-state index in [-0.39, 0.29) is 5.84 Å². The van der Waals surface area contributed by atoms with Gasteiger partial charge in [-0.05, 0) is 37.0 Å². The number of rotatable bonds is 4. The highest BCUT2D eigenvalue weighted by atomic mass is 35.5. The van der Waals surface area contributed by atoms with Crippen molar-refractivity contribution >= 4 is 23.1 Å². The minimum absolute atomic E-state index is 0.0758. The Bertz CT molecular complexity index is 470. The zero-order valence-corrected chi connectivity index (χ0v) is 11.9. The molecule has 1 aliphatic carbocycles. The van der Waals surface area contributed by atoms with Gasteiger partial charge in [-0.3, -0.25) is 0 Å². The predicted octanol–water partition coefficient (Wildman–Crippen LogP) is 3.06. The van der Waals surface area contributed by atoms with Crippen LogP contribution in [0, 0.1) is 5.92 Å². The number of amidine groups is 1. The largest absolute Gasteiger partial charge is 0.409 e. The van der Waals surface area contributed by atoms with Crippen molar-refractivity contribution in [1.29, 1.82) is 0 Å². The highest BCUT2D eigenvalue weighted by Gasteiger charge is 2.18. The van der Waals surface area contributed by atoms with Crippen LogP contribution >= 0.6 is 11.6 Å². The van der Waals surface area contributed by atoms with Crippen LogP contribution in [-0.2, 0) is 0 Å². The van der Waals surface area contributed by atoms with E-state index < -0.39 is 0 Å². The topological polar surface area (TPSA) is 61.8 Å². The summed E-state index contributed by atoms with van der Waals surface area (Å²) < 4.78 is 0. The first-order chi connectivity index (χ1) is 9.11. The normalized spacial score (nSPS) is 16.8. The summed E-state index contributed by atoms with van der Waals surface area (Å²) >= 11 is 6.28. The van der Waals surface area contributed by atoms with Crippen LogP contribution < -0.4 is 10.6 Å². The summed E-state index contributed by atoms with van der Waals surface area (Å²) in [5.74, 6) is 0.844. The third-order valence-corrected chi connectivity index (χ3v) is 4.07. The van der Waals surface area contributed by atoms with E-state index in [0.29, 0.717) is 10.6 Å². The molecule has 104 valence electrons. The number of nitrogens with two attached hydrogens (primary N) is 1. The van der Waals surface area contributed by atoms with Crippen LogP contribution in [0.25, 0.3) is 0 Å². The third kappa shape index (κ3) is 3.32. The van der Waals surface area contributed by atoms with E-state index in [4.69, 9.17) is 22.5 Å². The van der Waals surface area contributed by atoms with E-state index in [2.05, 4.69) is 17.1 Å². The van der Waals surface area contributed by atoms with Crippen molar-refractivity contribution in [3.8, 4) is 0 Å². The second-order valence-corrected chi connectivity index (χ2v) is 5.59. The van der Waals surface area contributed by atoms with Crippen molar-refractivity contribution in [3.05, 3.63) is 28.8 Å². The van der Waals surface area contributed by atoms with Crippen molar-refractivity contribution in [2.75, 3.05) is 18.5 Å². The highest BCUT2D eigenvalue weighted by Crippen LogP contribution is 2.30. The zero-order chi connectivity index (χ0) is 13.8. The molecule has 0 amide bonds. The Labute approximate surface area is 118 Å². The van der Waals surface area contributed by atoms with Crippen molar-refractivity contribution in [3.63, 3.8) is 0 Å². The number of oxime groups is 1. The van der Waals surface area contributed by atoms with Crippen LogP contribution in [-0.4, -0.2) is 24.6 Å². The molecule has 0 atom stereocenters. The summed E-state index contributed by atoms with van der Waals surface area (Å²) in [6.45, 7) is 1.03. The number of anilines is 1. The monoisotopic (exact) mass is 281 g/mol. The first-order valence-corrected chi connectivity index (χ1v) is 6.98. The Morgan fingerprint density at radius 1 is 1.47 bits per heavy atom. The highest BCUT2D eigenvalue weighted by molar-refractivity contribution is 6.33. The van der Waals surface area contributed by atoms with Gasteiger partial charge in [-0.1, -0.05) is 29.6 Å². The molecule has 4 nitrogen and oxygen atoms in total. The average molecular weight is 282 g/mol. The smallest absolute Gasteiger partial charge is 0.170 e. The van der Waals surface area contributed by atoms with Gasteiger partial charge < -0.3 is 15.8 Å². The van der Waals surface area contributed by atoms with Gasteiger partial charge in [-0.15, -0.1) is 0 Å². The van der Waals surface area contributed by atoms with Gasteiger partial charge in [0.2, 0.25) is 0 Å². The van der Waals surface area contributed by atoms with Crippen LogP contribution in [0.1, 0.15) is 31.2 Å². The first kappa shape index (κ1) is 14.0. The van der Waals surface area contributed by atoms with Crippen LogP contribution in [0.15, 0.2) is 23.4 Å². The maximum atomic E-state index is 8.66. The minimum atomic E-state index is 0.0758. The van der Waals surface area contributed by atoms with Crippen molar-refractivity contribution in [2.24, 2.45) is 16.8 Å². The van der Waals surface area contributed by atoms with Crippen LogP contribution in [0.4, 0.5) is 5.69 Å². The Hall–Kier alpha value is -1.42.